The van der Waals surface area contributed by atoms with Crippen molar-refractivity contribution in [3.8, 4) is 11.1 Å². The topological polar surface area (TPSA) is 26.0 Å². The molecule has 0 bridgehead atoms. The standard InChI is InChI=1S/C16H15F2N/c17-13-4-1-11(2-5-13)12-3-6-15(18)14(9-12)16(10-19)7-8-16/h1-6,9H,7-8,10,19H2. The van der Waals surface area contributed by atoms with Gasteiger partial charge in [-0.2, -0.15) is 0 Å². The molecule has 1 nitrogen and oxygen atoms in total. The molecule has 1 aliphatic rings. The molecular weight excluding hydrogens is 244 g/mol. The van der Waals surface area contributed by atoms with Gasteiger partial charge in [0.05, 0.1) is 0 Å². The third-order valence-corrected chi connectivity index (χ3v) is 3.96. The first-order valence-electron chi connectivity index (χ1n) is 6.41. The maximum atomic E-state index is 14.0. The lowest BCUT2D eigenvalue weighted by atomic mass is 9.92. The molecule has 0 radical (unpaired) electrons. The van der Waals surface area contributed by atoms with Crippen LogP contribution < -0.4 is 5.73 Å². The summed E-state index contributed by atoms with van der Waals surface area (Å²) >= 11 is 0. The van der Waals surface area contributed by atoms with Gasteiger partial charge in [-0.25, -0.2) is 8.78 Å². The second-order valence-electron chi connectivity index (χ2n) is 5.19. The van der Waals surface area contributed by atoms with Gasteiger partial charge in [-0.05, 0) is 53.8 Å². The first-order valence-corrected chi connectivity index (χ1v) is 6.41. The second-order valence-corrected chi connectivity index (χ2v) is 5.19. The van der Waals surface area contributed by atoms with Crippen molar-refractivity contribution in [2.24, 2.45) is 5.73 Å². The zero-order chi connectivity index (χ0) is 13.5. The van der Waals surface area contributed by atoms with Gasteiger partial charge >= 0.3 is 0 Å². The first kappa shape index (κ1) is 12.3. The zero-order valence-corrected chi connectivity index (χ0v) is 10.5. The molecule has 3 rings (SSSR count). The van der Waals surface area contributed by atoms with Crippen molar-refractivity contribution < 1.29 is 8.78 Å². The lowest BCUT2D eigenvalue weighted by Crippen LogP contribution is -2.21. The van der Waals surface area contributed by atoms with Crippen LogP contribution in [0.1, 0.15) is 18.4 Å². The summed E-state index contributed by atoms with van der Waals surface area (Å²) in [6, 6.07) is 11.3. The number of hydrogen-bond donors (Lipinski definition) is 1. The van der Waals surface area contributed by atoms with Gasteiger partial charge in [-0.15, -0.1) is 0 Å². The molecule has 0 spiro atoms. The Balaban J connectivity index is 2.04. The largest absolute Gasteiger partial charge is 0.330 e. The summed E-state index contributed by atoms with van der Waals surface area (Å²) in [6.45, 7) is 0.469. The number of halogens is 2. The Morgan fingerprint density at radius 1 is 0.947 bits per heavy atom. The van der Waals surface area contributed by atoms with Crippen molar-refractivity contribution in [3.63, 3.8) is 0 Å². The zero-order valence-electron chi connectivity index (χ0n) is 10.5. The van der Waals surface area contributed by atoms with Gasteiger partial charge in [-0.3, -0.25) is 0 Å². The van der Waals surface area contributed by atoms with Crippen LogP contribution >= 0.6 is 0 Å². The number of nitrogens with two attached hydrogens (primary N) is 1. The highest BCUT2D eigenvalue weighted by Gasteiger charge is 2.44. The lowest BCUT2D eigenvalue weighted by Gasteiger charge is -2.15. The Kier molecular flexibility index (Phi) is 2.86. The van der Waals surface area contributed by atoms with Gasteiger partial charge in [0.1, 0.15) is 11.6 Å². The number of rotatable bonds is 3. The number of benzene rings is 2. The van der Waals surface area contributed by atoms with Crippen LogP contribution in [0.3, 0.4) is 0 Å². The second kappa shape index (κ2) is 4.42. The minimum absolute atomic E-state index is 0.180. The van der Waals surface area contributed by atoms with Crippen LogP contribution in [0.15, 0.2) is 42.5 Å². The summed E-state index contributed by atoms with van der Waals surface area (Å²) in [6.07, 6.45) is 1.88. The molecular formula is C16H15F2N. The first-order chi connectivity index (χ1) is 9.14. The van der Waals surface area contributed by atoms with E-state index in [2.05, 4.69) is 0 Å². The molecule has 0 unspecified atom stereocenters. The summed E-state index contributed by atoms with van der Waals surface area (Å²) < 4.78 is 26.9. The van der Waals surface area contributed by atoms with E-state index >= 15 is 0 Å². The molecule has 0 amide bonds. The Morgan fingerprint density at radius 3 is 2.16 bits per heavy atom. The van der Waals surface area contributed by atoms with Crippen molar-refractivity contribution in [2.75, 3.05) is 6.54 Å². The van der Waals surface area contributed by atoms with Crippen LogP contribution in [0, 0.1) is 11.6 Å². The van der Waals surface area contributed by atoms with Crippen LogP contribution in [0.2, 0.25) is 0 Å². The highest BCUT2D eigenvalue weighted by molar-refractivity contribution is 5.65. The van der Waals surface area contributed by atoms with E-state index in [9.17, 15) is 8.78 Å². The minimum Gasteiger partial charge on any atom is -0.330 e. The van der Waals surface area contributed by atoms with E-state index in [-0.39, 0.29) is 17.0 Å². The molecule has 3 heteroatoms. The molecule has 0 saturated heterocycles. The Bertz CT molecular complexity index is 601. The molecule has 2 aromatic carbocycles. The molecule has 19 heavy (non-hydrogen) atoms. The predicted molar refractivity (Wildman–Crippen MR) is 71.8 cm³/mol. The van der Waals surface area contributed by atoms with E-state index in [1.807, 2.05) is 6.07 Å². The molecule has 1 saturated carbocycles. The smallest absolute Gasteiger partial charge is 0.127 e. The SMILES string of the molecule is NCC1(c2cc(-c3ccc(F)cc3)ccc2F)CC1. The van der Waals surface area contributed by atoms with Crippen molar-refractivity contribution in [2.45, 2.75) is 18.3 Å². The van der Waals surface area contributed by atoms with Crippen molar-refractivity contribution in [1.29, 1.82) is 0 Å². The van der Waals surface area contributed by atoms with Crippen molar-refractivity contribution in [3.05, 3.63) is 59.7 Å². The van der Waals surface area contributed by atoms with E-state index < -0.39 is 0 Å². The van der Waals surface area contributed by atoms with Gasteiger partial charge in [-0.1, -0.05) is 18.2 Å². The van der Waals surface area contributed by atoms with E-state index in [0.29, 0.717) is 12.1 Å². The van der Waals surface area contributed by atoms with E-state index in [1.165, 1.54) is 18.2 Å². The van der Waals surface area contributed by atoms with Crippen LogP contribution in [0.5, 0.6) is 0 Å². The Hall–Kier alpha value is -1.74. The summed E-state index contributed by atoms with van der Waals surface area (Å²) in [4.78, 5) is 0. The summed E-state index contributed by atoms with van der Waals surface area (Å²) in [5.74, 6) is -0.472. The van der Waals surface area contributed by atoms with Gasteiger partial charge in [0.2, 0.25) is 0 Å². The highest BCUT2D eigenvalue weighted by atomic mass is 19.1. The molecule has 2 aromatic rings. The van der Waals surface area contributed by atoms with E-state index in [0.717, 1.165) is 24.0 Å². The molecule has 1 fully saturated rings. The summed E-state index contributed by atoms with van der Waals surface area (Å²) in [5, 5.41) is 0. The van der Waals surface area contributed by atoms with E-state index in [4.69, 9.17) is 5.73 Å². The minimum atomic E-state index is -0.272. The molecule has 2 N–H and O–H groups in total. The Morgan fingerprint density at radius 2 is 1.58 bits per heavy atom. The third-order valence-electron chi connectivity index (χ3n) is 3.96. The quantitative estimate of drug-likeness (QED) is 0.895. The fourth-order valence-corrected chi connectivity index (χ4v) is 2.49. The van der Waals surface area contributed by atoms with Gasteiger partial charge in [0, 0.05) is 12.0 Å². The van der Waals surface area contributed by atoms with Crippen LogP contribution in [0.25, 0.3) is 11.1 Å². The fraction of sp³-hybridized carbons (Fsp3) is 0.250. The average Bonchev–Trinajstić information content (AvgIpc) is 3.21. The van der Waals surface area contributed by atoms with Gasteiger partial charge in [0.25, 0.3) is 0 Å². The van der Waals surface area contributed by atoms with Crippen LogP contribution in [-0.4, -0.2) is 6.54 Å². The Labute approximate surface area is 111 Å². The molecule has 0 atom stereocenters. The lowest BCUT2D eigenvalue weighted by molar-refractivity contribution is 0.573. The summed E-state index contributed by atoms with van der Waals surface area (Å²) in [7, 11) is 0. The molecule has 0 aliphatic heterocycles. The molecule has 0 aromatic heterocycles. The van der Waals surface area contributed by atoms with Crippen molar-refractivity contribution in [1.82, 2.24) is 0 Å². The maximum Gasteiger partial charge on any atom is 0.127 e. The monoisotopic (exact) mass is 259 g/mol. The van der Waals surface area contributed by atoms with Crippen LogP contribution in [0.4, 0.5) is 8.78 Å². The van der Waals surface area contributed by atoms with Crippen LogP contribution in [-0.2, 0) is 5.41 Å². The summed E-state index contributed by atoms with van der Waals surface area (Å²) in [5.41, 5.74) is 8.06. The van der Waals surface area contributed by atoms with Crippen molar-refractivity contribution >= 4 is 0 Å². The molecule has 1 aliphatic carbocycles. The maximum absolute atomic E-state index is 14.0. The molecule has 98 valence electrons. The van der Waals surface area contributed by atoms with Gasteiger partial charge in [0.15, 0.2) is 0 Å². The average molecular weight is 259 g/mol. The highest BCUT2D eigenvalue weighted by Crippen LogP contribution is 2.48. The van der Waals surface area contributed by atoms with Gasteiger partial charge < -0.3 is 5.73 Å². The predicted octanol–water partition coefficient (Wildman–Crippen LogP) is 3.62. The normalized spacial score (nSPS) is 16.4. The molecule has 0 heterocycles. The van der Waals surface area contributed by atoms with E-state index in [1.54, 1.807) is 18.2 Å². The third kappa shape index (κ3) is 2.15. The number of hydrogen-bond acceptors (Lipinski definition) is 1. The fourth-order valence-electron chi connectivity index (χ4n) is 2.49.